The summed E-state index contributed by atoms with van der Waals surface area (Å²) in [6, 6.07) is 12.9. The molecule has 5 nitrogen and oxygen atoms in total. The van der Waals surface area contributed by atoms with E-state index in [0.29, 0.717) is 31.1 Å². The molecule has 2 aromatic rings. The minimum absolute atomic E-state index is 0.138. The summed E-state index contributed by atoms with van der Waals surface area (Å²) in [7, 11) is 0. The summed E-state index contributed by atoms with van der Waals surface area (Å²) < 4.78 is 23.7. The highest BCUT2D eigenvalue weighted by atomic mass is 19.1. The van der Waals surface area contributed by atoms with Crippen LogP contribution in [-0.4, -0.2) is 25.5 Å². The van der Waals surface area contributed by atoms with Gasteiger partial charge in [0.25, 0.3) is 0 Å². The van der Waals surface area contributed by atoms with Gasteiger partial charge in [-0.1, -0.05) is 24.8 Å². The van der Waals surface area contributed by atoms with E-state index in [4.69, 9.17) is 9.47 Å². The van der Waals surface area contributed by atoms with Gasteiger partial charge in [-0.2, -0.15) is 0 Å². The van der Waals surface area contributed by atoms with Crippen LogP contribution in [0.1, 0.15) is 31.4 Å². The standard InChI is InChI=1S/C23H26FNO4/c1-3-15-29-21-12-5-17(6-13-21)23(25-20-10-8-19(24)9-11-20)18(16-26)7-14-22(27)28-4-2/h3,5-6,8-13,16,18,23,25H,1,4,7,14-15H2,2H3/t18-,23+/m0/s1. The van der Waals surface area contributed by atoms with Gasteiger partial charge in [0.2, 0.25) is 0 Å². The molecule has 0 aliphatic heterocycles. The van der Waals surface area contributed by atoms with Gasteiger partial charge in [0.1, 0.15) is 24.5 Å². The van der Waals surface area contributed by atoms with Crippen LogP contribution >= 0.6 is 0 Å². The van der Waals surface area contributed by atoms with E-state index in [0.717, 1.165) is 11.8 Å². The van der Waals surface area contributed by atoms with Crippen molar-refractivity contribution in [2.45, 2.75) is 25.8 Å². The zero-order valence-electron chi connectivity index (χ0n) is 16.5. The van der Waals surface area contributed by atoms with Gasteiger partial charge in [0.05, 0.1) is 12.6 Å². The monoisotopic (exact) mass is 399 g/mol. The summed E-state index contributed by atoms with van der Waals surface area (Å²) in [5, 5.41) is 3.28. The van der Waals surface area contributed by atoms with E-state index in [9.17, 15) is 14.0 Å². The van der Waals surface area contributed by atoms with Gasteiger partial charge in [0.15, 0.2) is 0 Å². The summed E-state index contributed by atoms with van der Waals surface area (Å²) in [4.78, 5) is 23.6. The maximum atomic E-state index is 13.2. The number of carbonyl (C=O) groups excluding carboxylic acids is 2. The van der Waals surface area contributed by atoms with Gasteiger partial charge in [0, 0.05) is 18.0 Å². The molecule has 0 aliphatic carbocycles. The molecule has 29 heavy (non-hydrogen) atoms. The van der Waals surface area contributed by atoms with Gasteiger partial charge in [-0.05, 0) is 55.3 Å². The van der Waals surface area contributed by atoms with Gasteiger partial charge in [-0.25, -0.2) is 4.39 Å². The van der Waals surface area contributed by atoms with Crippen molar-refractivity contribution in [3.05, 3.63) is 72.6 Å². The second-order valence-electron chi connectivity index (χ2n) is 6.44. The van der Waals surface area contributed by atoms with E-state index < -0.39 is 12.0 Å². The normalized spacial score (nSPS) is 12.5. The van der Waals surface area contributed by atoms with Crippen LogP contribution in [0.5, 0.6) is 5.75 Å². The zero-order valence-corrected chi connectivity index (χ0v) is 16.5. The number of hydrogen-bond donors (Lipinski definition) is 1. The van der Waals surface area contributed by atoms with E-state index in [2.05, 4.69) is 11.9 Å². The maximum Gasteiger partial charge on any atom is 0.305 e. The molecule has 2 atom stereocenters. The van der Waals surface area contributed by atoms with Crippen LogP contribution in [0.3, 0.4) is 0 Å². The molecule has 0 aliphatic rings. The molecule has 0 bridgehead atoms. The fraction of sp³-hybridized carbons (Fsp3) is 0.304. The smallest absolute Gasteiger partial charge is 0.305 e. The van der Waals surface area contributed by atoms with Crippen LogP contribution in [0.25, 0.3) is 0 Å². The van der Waals surface area contributed by atoms with Crippen LogP contribution in [-0.2, 0) is 14.3 Å². The van der Waals surface area contributed by atoms with Crippen molar-refractivity contribution in [3.63, 3.8) is 0 Å². The van der Waals surface area contributed by atoms with Gasteiger partial charge in [-0.15, -0.1) is 0 Å². The summed E-state index contributed by atoms with van der Waals surface area (Å²) in [5.74, 6) is -0.481. The van der Waals surface area contributed by atoms with E-state index in [-0.39, 0.29) is 18.2 Å². The number of esters is 1. The van der Waals surface area contributed by atoms with Crippen LogP contribution in [0, 0.1) is 11.7 Å². The number of halogens is 1. The van der Waals surface area contributed by atoms with Crippen molar-refractivity contribution < 1.29 is 23.5 Å². The van der Waals surface area contributed by atoms with E-state index >= 15 is 0 Å². The van der Waals surface area contributed by atoms with Crippen molar-refractivity contribution >= 4 is 17.9 Å². The molecule has 0 saturated carbocycles. The molecule has 0 radical (unpaired) electrons. The van der Waals surface area contributed by atoms with Crippen molar-refractivity contribution in [1.82, 2.24) is 0 Å². The highest BCUT2D eigenvalue weighted by Crippen LogP contribution is 2.30. The second-order valence-corrected chi connectivity index (χ2v) is 6.44. The summed E-state index contributed by atoms with van der Waals surface area (Å²) in [6.07, 6.45) is 2.96. The fourth-order valence-electron chi connectivity index (χ4n) is 2.92. The Labute approximate surface area is 170 Å². The molecule has 0 heterocycles. The molecule has 2 aromatic carbocycles. The zero-order chi connectivity index (χ0) is 21.1. The van der Waals surface area contributed by atoms with Gasteiger partial charge < -0.3 is 19.6 Å². The number of hydrogen-bond acceptors (Lipinski definition) is 5. The number of nitrogens with one attached hydrogen (secondary N) is 1. The predicted octanol–water partition coefficient (Wildman–Crippen LogP) is 4.70. The third-order valence-corrected chi connectivity index (χ3v) is 4.36. The highest BCUT2D eigenvalue weighted by molar-refractivity contribution is 5.70. The minimum Gasteiger partial charge on any atom is -0.490 e. The quantitative estimate of drug-likeness (QED) is 0.318. The Bertz CT molecular complexity index is 790. The third kappa shape index (κ3) is 7.07. The van der Waals surface area contributed by atoms with Crippen molar-refractivity contribution in [1.29, 1.82) is 0 Å². The lowest BCUT2D eigenvalue weighted by Crippen LogP contribution is -2.23. The predicted molar refractivity (Wildman–Crippen MR) is 110 cm³/mol. The van der Waals surface area contributed by atoms with Crippen LogP contribution < -0.4 is 10.1 Å². The molecular weight excluding hydrogens is 373 g/mol. The van der Waals surface area contributed by atoms with Crippen molar-refractivity contribution in [2.24, 2.45) is 5.92 Å². The summed E-state index contributed by atoms with van der Waals surface area (Å²) in [5.41, 5.74) is 1.52. The van der Waals surface area contributed by atoms with Gasteiger partial charge in [-0.3, -0.25) is 4.79 Å². The number of carbonyl (C=O) groups is 2. The highest BCUT2D eigenvalue weighted by Gasteiger charge is 2.24. The van der Waals surface area contributed by atoms with Crippen LogP contribution in [0.2, 0.25) is 0 Å². The SMILES string of the molecule is C=CCOc1ccc([C@@H](Nc2ccc(F)cc2)[C@H](C=O)CCC(=O)OCC)cc1. The number of benzene rings is 2. The van der Waals surface area contributed by atoms with E-state index in [1.54, 1.807) is 25.1 Å². The first-order valence-electron chi connectivity index (χ1n) is 9.54. The lowest BCUT2D eigenvalue weighted by Gasteiger charge is -2.26. The number of rotatable bonds is 12. The first-order chi connectivity index (χ1) is 14.1. The molecule has 0 saturated heterocycles. The average Bonchev–Trinajstić information content (AvgIpc) is 2.74. The topological polar surface area (TPSA) is 64.6 Å². The third-order valence-electron chi connectivity index (χ3n) is 4.36. The van der Waals surface area contributed by atoms with Gasteiger partial charge >= 0.3 is 5.97 Å². The largest absolute Gasteiger partial charge is 0.490 e. The summed E-state index contributed by atoms with van der Waals surface area (Å²) in [6.45, 7) is 6.05. The first-order valence-corrected chi connectivity index (χ1v) is 9.54. The molecule has 2 rings (SSSR count). The molecular formula is C23H26FNO4. The second kappa shape index (κ2) is 11.6. The van der Waals surface area contributed by atoms with Crippen molar-refractivity contribution in [3.8, 4) is 5.75 Å². The Hall–Kier alpha value is -3.15. The molecule has 154 valence electrons. The van der Waals surface area contributed by atoms with E-state index in [1.807, 2.05) is 24.3 Å². The summed E-state index contributed by atoms with van der Waals surface area (Å²) >= 11 is 0. The van der Waals surface area contributed by atoms with Crippen LogP contribution in [0.4, 0.5) is 10.1 Å². The molecule has 0 unspecified atom stereocenters. The molecule has 1 N–H and O–H groups in total. The lowest BCUT2D eigenvalue weighted by molar-refractivity contribution is -0.143. The molecule has 0 fully saturated rings. The Morgan fingerprint density at radius 1 is 1.17 bits per heavy atom. The Balaban J connectivity index is 2.23. The Kier molecular flexibility index (Phi) is 8.89. The van der Waals surface area contributed by atoms with Crippen molar-refractivity contribution in [2.75, 3.05) is 18.5 Å². The lowest BCUT2D eigenvalue weighted by atomic mass is 9.90. The number of ether oxygens (including phenoxy) is 2. The molecule has 0 aromatic heterocycles. The average molecular weight is 399 g/mol. The van der Waals surface area contributed by atoms with Crippen LogP contribution in [0.15, 0.2) is 61.2 Å². The Morgan fingerprint density at radius 3 is 2.45 bits per heavy atom. The molecule has 0 amide bonds. The molecule has 0 spiro atoms. The Morgan fingerprint density at radius 2 is 1.86 bits per heavy atom. The first kappa shape index (κ1) is 22.1. The maximum absolute atomic E-state index is 13.2. The fourth-order valence-corrected chi connectivity index (χ4v) is 2.92. The number of anilines is 1. The molecule has 6 heteroatoms. The minimum atomic E-state index is -0.482. The van der Waals surface area contributed by atoms with E-state index in [1.165, 1.54) is 12.1 Å². The number of aldehydes is 1.